The summed E-state index contributed by atoms with van der Waals surface area (Å²) >= 11 is 0. The highest BCUT2D eigenvalue weighted by Crippen LogP contribution is 2.32. The molecule has 1 aliphatic rings. The third-order valence-corrected chi connectivity index (χ3v) is 4.60. The van der Waals surface area contributed by atoms with E-state index in [9.17, 15) is 4.79 Å². The second kappa shape index (κ2) is 6.59. The molecule has 0 radical (unpaired) electrons. The highest BCUT2D eigenvalue weighted by Gasteiger charge is 2.31. The van der Waals surface area contributed by atoms with Crippen molar-refractivity contribution in [2.75, 3.05) is 10.2 Å². The van der Waals surface area contributed by atoms with E-state index in [0.717, 1.165) is 23.4 Å². The molecule has 3 aromatic rings. The van der Waals surface area contributed by atoms with E-state index in [2.05, 4.69) is 28.5 Å². The van der Waals surface area contributed by atoms with Crippen molar-refractivity contribution in [3.8, 4) is 0 Å². The first kappa shape index (κ1) is 16.3. The molecule has 0 aliphatic carbocycles. The maximum atomic E-state index is 12.9. The quantitative estimate of drug-likeness (QED) is 0.776. The molecule has 1 aliphatic heterocycles. The normalized spacial score (nSPS) is 15.6. The van der Waals surface area contributed by atoms with Crippen LogP contribution in [-0.2, 0) is 6.42 Å². The van der Waals surface area contributed by atoms with Crippen molar-refractivity contribution in [1.82, 2.24) is 10.2 Å². The summed E-state index contributed by atoms with van der Waals surface area (Å²) in [5.41, 5.74) is 4.62. The molecule has 1 aromatic heterocycles. The van der Waals surface area contributed by atoms with Crippen molar-refractivity contribution < 1.29 is 4.79 Å². The summed E-state index contributed by atoms with van der Waals surface area (Å²) in [7, 11) is 0. The summed E-state index contributed by atoms with van der Waals surface area (Å²) in [5, 5.41) is 11.5. The molecular formula is C21H20N4O. The molecule has 1 atom stereocenters. The zero-order valence-corrected chi connectivity index (χ0v) is 14.8. The van der Waals surface area contributed by atoms with E-state index in [1.54, 1.807) is 12.1 Å². The number of nitrogens with zero attached hydrogens (tertiary/aromatic N) is 3. The molecule has 1 N–H and O–H groups in total. The fraction of sp³-hybridized carbons (Fsp3) is 0.190. The Labute approximate surface area is 152 Å². The number of hydrogen-bond acceptors (Lipinski definition) is 4. The minimum absolute atomic E-state index is 0.114. The van der Waals surface area contributed by atoms with E-state index in [0.29, 0.717) is 11.5 Å². The maximum Gasteiger partial charge on any atom is 0.279 e. The molecule has 5 heteroatoms. The Morgan fingerprint density at radius 2 is 1.92 bits per heavy atom. The Bertz CT molecular complexity index is 952. The molecule has 4 rings (SSSR count). The Morgan fingerprint density at radius 3 is 2.69 bits per heavy atom. The van der Waals surface area contributed by atoms with Crippen LogP contribution in [0.1, 0.15) is 28.5 Å². The monoisotopic (exact) mass is 344 g/mol. The van der Waals surface area contributed by atoms with E-state index in [4.69, 9.17) is 0 Å². The Hall–Kier alpha value is -3.21. The van der Waals surface area contributed by atoms with Crippen molar-refractivity contribution in [3.05, 3.63) is 77.5 Å². The highest BCUT2D eigenvalue weighted by molar-refractivity contribution is 6.06. The molecule has 5 nitrogen and oxygen atoms in total. The van der Waals surface area contributed by atoms with Gasteiger partial charge in [-0.15, -0.1) is 10.2 Å². The Kier molecular flexibility index (Phi) is 4.13. The predicted molar refractivity (Wildman–Crippen MR) is 103 cm³/mol. The number of carbonyl (C=O) groups excluding carboxylic acids is 1. The van der Waals surface area contributed by atoms with Crippen LogP contribution in [0.25, 0.3) is 0 Å². The van der Waals surface area contributed by atoms with Crippen LogP contribution >= 0.6 is 0 Å². The third-order valence-electron chi connectivity index (χ3n) is 4.60. The number of fused-ring (bicyclic) bond motifs is 1. The lowest BCUT2D eigenvalue weighted by atomic mass is 10.1. The van der Waals surface area contributed by atoms with Crippen molar-refractivity contribution in [2.45, 2.75) is 26.3 Å². The number of anilines is 3. The highest BCUT2D eigenvalue weighted by atomic mass is 16.2. The number of rotatable bonds is 3. The molecule has 0 fully saturated rings. The van der Waals surface area contributed by atoms with Crippen LogP contribution in [0.2, 0.25) is 0 Å². The summed E-state index contributed by atoms with van der Waals surface area (Å²) < 4.78 is 0. The lowest BCUT2D eigenvalue weighted by Gasteiger charge is -2.22. The van der Waals surface area contributed by atoms with Gasteiger partial charge in [0.15, 0.2) is 11.5 Å². The van der Waals surface area contributed by atoms with Gasteiger partial charge >= 0.3 is 0 Å². The van der Waals surface area contributed by atoms with Gasteiger partial charge in [-0.25, -0.2) is 0 Å². The van der Waals surface area contributed by atoms with Gasteiger partial charge in [0, 0.05) is 17.4 Å². The van der Waals surface area contributed by atoms with Crippen LogP contribution < -0.4 is 10.2 Å². The average Bonchev–Trinajstić information content (AvgIpc) is 2.97. The van der Waals surface area contributed by atoms with Gasteiger partial charge in [0.05, 0.1) is 0 Å². The van der Waals surface area contributed by atoms with Gasteiger partial charge in [0.25, 0.3) is 5.91 Å². The largest absolute Gasteiger partial charge is 0.339 e. The number of aromatic nitrogens is 2. The molecule has 1 amide bonds. The second-order valence-corrected chi connectivity index (χ2v) is 6.66. The fourth-order valence-corrected chi connectivity index (χ4v) is 3.38. The predicted octanol–water partition coefficient (Wildman–Crippen LogP) is 4.12. The van der Waals surface area contributed by atoms with E-state index in [1.807, 2.05) is 54.3 Å². The number of para-hydroxylation sites is 1. The van der Waals surface area contributed by atoms with Crippen LogP contribution in [0.4, 0.5) is 17.2 Å². The molecule has 2 heterocycles. The number of benzene rings is 2. The molecule has 0 spiro atoms. The van der Waals surface area contributed by atoms with Crippen molar-refractivity contribution in [2.24, 2.45) is 0 Å². The van der Waals surface area contributed by atoms with Gasteiger partial charge in [0.2, 0.25) is 0 Å². The first-order chi connectivity index (χ1) is 12.6. The molecular weight excluding hydrogens is 324 g/mol. The third kappa shape index (κ3) is 3.04. The molecule has 26 heavy (non-hydrogen) atoms. The smallest absolute Gasteiger partial charge is 0.279 e. The summed E-state index contributed by atoms with van der Waals surface area (Å²) in [6.45, 7) is 4.09. The van der Waals surface area contributed by atoms with Crippen molar-refractivity contribution >= 4 is 23.1 Å². The number of amides is 1. The minimum Gasteiger partial charge on any atom is -0.339 e. The van der Waals surface area contributed by atoms with Crippen molar-refractivity contribution in [3.63, 3.8) is 0 Å². The molecule has 0 bridgehead atoms. The SMILES string of the molecule is Cc1cccc(Nc2ccc(C(=O)N3c4ccccc4CC3C)nn2)c1. The van der Waals surface area contributed by atoms with Gasteiger partial charge in [0.1, 0.15) is 0 Å². The first-order valence-electron chi connectivity index (χ1n) is 8.71. The number of hydrogen-bond donors (Lipinski definition) is 1. The lowest BCUT2D eigenvalue weighted by Crippen LogP contribution is -2.36. The molecule has 130 valence electrons. The molecule has 0 saturated carbocycles. The lowest BCUT2D eigenvalue weighted by molar-refractivity contribution is 0.0975. The average molecular weight is 344 g/mol. The number of nitrogens with one attached hydrogen (secondary N) is 1. The maximum absolute atomic E-state index is 12.9. The topological polar surface area (TPSA) is 58.1 Å². The van der Waals surface area contributed by atoms with Crippen LogP contribution in [0.15, 0.2) is 60.7 Å². The second-order valence-electron chi connectivity index (χ2n) is 6.66. The van der Waals surface area contributed by atoms with Crippen LogP contribution in [-0.4, -0.2) is 22.1 Å². The summed E-state index contributed by atoms with van der Waals surface area (Å²) in [6, 6.07) is 19.7. The Morgan fingerprint density at radius 1 is 1.08 bits per heavy atom. The summed E-state index contributed by atoms with van der Waals surface area (Å²) in [6.07, 6.45) is 0.863. The fourth-order valence-electron chi connectivity index (χ4n) is 3.38. The van der Waals surface area contributed by atoms with E-state index >= 15 is 0 Å². The van der Waals surface area contributed by atoms with Crippen molar-refractivity contribution in [1.29, 1.82) is 0 Å². The number of aryl methyl sites for hydroxylation is 1. The minimum atomic E-state index is -0.114. The van der Waals surface area contributed by atoms with Gasteiger partial charge in [-0.3, -0.25) is 4.79 Å². The van der Waals surface area contributed by atoms with E-state index in [1.165, 1.54) is 5.56 Å². The Balaban J connectivity index is 1.54. The molecule has 2 aromatic carbocycles. The molecule has 0 saturated heterocycles. The summed E-state index contributed by atoms with van der Waals surface area (Å²) in [5.74, 6) is 0.499. The summed E-state index contributed by atoms with van der Waals surface area (Å²) in [4.78, 5) is 14.7. The van der Waals surface area contributed by atoms with E-state index < -0.39 is 0 Å². The van der Waals surface area contributed by atoms with Crippen LogP contribution in [0, 0.1) is 6.92 Å². The van der Waals surface area contributed by atoms with Gasteiger partial charge in [-0.05, 0) is 61.7 Å². The van der Waals surface area contributed by atoms with Gasteiger partial charge < -0.3 is 10.2 Å². The van der Waals surface area contributed by atoms with E-state index in [-0.39, 0.29) is 11.9 Å². The number of carbonyl (C=O) groups is 1. The van der Waals surface area contributed by atoms with Crippen LogP contribution in [0.3, 0.4) is 0 Å². The first-order valence-corrected chi connectivity index (χ1v) is 8.71. The van der Waals surface area contributed by atoms with Gasteiger partial charge in [-0.2, -0.15) is 0 Å². The zero-order chi connectivity index (χ0) is 18.1. The van der Waals surface area contributed by atoms with Gasteiger partial charge in [-0.1, -0.05) is 30.3 Å². The standard InChI is InChI=1S/C21H20N4O/c1-14-6-5-8-17(12-14)22-20-11-10-18(23-24-20)21(26)25-15(2)13-16-7-3-4-9-19(16)25/h3-12,15H,13H2,1-2H3,(H,22,24). The molecule has 1 unspecified atom stereocenters. The van der Waals surface area contributed by atoms with Crippen LogP contribution in [0.5, 0.6) is 0 Å². The zero-order valence-electron chi connectivity index (χ0n) is 14.8.